The molecule has 1 heterocycles. The highest BCUT2D eigenvalue weighted by Crippen LogP contribution is 2.26. The quantitative estimate of drug-likeness (QED) is 0.828. The number of aryl methyl sites for hydroxylation is 1. The molecule has 4 heteroatoms. The van der Waals surface area contributed by atoms with Crippen molar-refractivity contribution in [2.24, 2.45) is 0 Å². The first-order valence-corrected chi connectivity index (χ1v) is 7.16. The van der Waals surface area contributed by atoms with E-state index in [2.05, 4.69) is 40.3 Å². The summed E-state index contributed by atoms with van der Waals surface area (Å²) >= 11 is 5.36. The summed E-state index contributed by atoms with van der Waals surface area (Å²) in [7, 11) is 0. The Balaban J connectivity index is 2.02. The van der Waals surface area contributed by atoms with E-state index in [-0.39, 0.29) is 0 Å². The van der Waals surface area contributed by atoms with Crippen LogP contribution in [0, 0.1) is 0 Å². The standard InChI is InChI=1S/C13H15BrN2S/c1-2-10-4-5-11(17-10)8-16-13-6-3-9(15)7-12(13)14/h3-7,16H,2,8,15H2,1H3. The summed E-state index contributed by atoms with van der Waals surface area (Å²) < 4.78 is 1.00. The van der Waals surface area contributed by atoms with Crippen molar-refractivity contribution in [2.75, 3.05) is 11.1 Å². The van der Waals surface area contributed by atoms with Crippen molar-refractivity contribution in [3.63, 3.8) is 0 Å². The maximum atomic E-state index is 5.70. The number of anilines is 2. The molecule has 0 atom stereocenters. The minimum absolute atomic E-state index is 0.770. The Bertz CT molecular complexity index is 508. The third kappa shape index (κ3) is 3.23. The molecule has 0 spiro atoms. The van der Waals surface area contributed by atoms with Crippen LogP contribution in [0.25, 0.3) is 0 Å². The summed E-state index contributed by atoms with van der Waals surface area (Å²) in [6, 6.07) is 10.2. The van der Waals surface area contributed by atoms with Gasteiger partial charge in [0, 0.05) is 32.1 Å². The molecule has 0 bridgehead atoms. The normalized spacial score (nSPS) is 10.5. The predicted octanol–water partition coefficient (Wildman–Crippen LogP) is 4.27. The zero-order valence-electron chi connectivity index (χ0n) is 9.66. The third-order valence-electron chi connectivity index (χ3n) is 2.51. The van der Waals surface area contributed by atoms with Crippen molar-refractivity contribution < 1.29 is 0 Å². The van der Waals surface area contributed by atoms with Gasteiger partial charge in [-0.05, 0) is 52.7 Å². The van der Waals surface area contributed by atoms with Gasteiger partial charge in [-0.3, -0.25) is 0 Å². The number of rotatable bonds is 4. The van der Waals surface area contributed by atoms with Crippen LogP contribution < -0.4 is 11.1 Å². The van der Waals surface area contributed by atoms with E-state index < -0.39 is 0 Å². The molecular weight excluding hydrogens is 296 g/mol. The molecule has 17 heavy (non-hydrogen) atoms. The summed E-state index contributed by atoms with van der Waals surface area (Å²) in [4.78, 5) is 2.78. The van der Waals surface area contributed by atoms with Gasteiger partial charge < -0.3 is 11.1 Å². The van der Waals surface area contributed by atoms with Crippen LogP contribution in [-0.4, -0.2) is 0 Å². The molecule has 0 fully saturated rings. The van der Waals surface area contributed by atoms with Crippen LogP contribution in [0.15, 0.2) is 34.8 Å². The van der Waals surface area contributed by atoms with Crippen LogP contribution in [0.2, 0.25) is 0 Å². The van der Waals surface area contributed by atoms with Crippen molar-refractivity contribution in [3.05, 3.63) is 44.6 Å². The van der Waals surface area contributed by atoms with Crippen molar-refractivity contribution in [1.29, 1.82) is 0 Å². The molecule has 0 aliphatic carbocycles. The Labute approximate surface area is 114 Å². The monoisotopic (exact) mass is 310 g/mol. The lowest BCUT2D eigenvalue weighted by Gasteiger charge is -2.07. The molecule has 0 saturated heterocycles. The topological polar surface area (TPSA) is 38.0 Å². The van der Waals surface area contributed by atoms with Gasteiger partial charge in [0.25, 0.3) is 0 Å². The first-order chi connectivity index (χ1) is 8.19. The Kier molecular flexibility index (Phi) is 4.07. The molecule has 90 valence electrons. The van der Waals surface area contributed by atoms with Gasteiger partial charge in [-0.25, -0.2) is 0 Å². The molecular formula is C13H15BrN2S. The fourth-order valence-electron chi connectivity index (χ4n) is 1.56. The molecule has 1 aromatic carbocycles. The molecule has 0 amide bonds. The van der Waals surface area contributed by atoms with E-state index in [0.717, 1.165) is 28.8 Å². The van der Waals surface area contributed by atoms with Crippen LogP contribution in [0.3, 0.4) is 0 Å². The van der Waals surface area contributed by atoms with Gasteiger partial charge in [-0.2, -0.15) is 0 Å². The molecule has 2 nitrogen and oxygen atoms in total. The molecule has 0 radical (unpaired) electrons. The van der Waals surface area contributed by atoms with E-state index >= 15 is 0 Å². The number of hydrogen-bond acceptors (Lipinski definition) is 3. The Morgan fingerprint density at radius 1 is 1.24 bits per heavy atom. The Hall–Kier alpha value is -1.000. The van der Waals surface area contributed by atoms with E-state index in [9.17, 15) is 0 Å². The van der Waals surface area contributed by atoms with Crippen LogP contribution in [0.1, 0.15) is 16.7 Å². The van der Waals surface area contributed by atoms with Crippen molar-refractivity contribution >= 4 is 38.6 Å². The summed E-state index contributed by atoms with van der Waals surface area (Å²) in [6.45, 7) is 3.03. The maximum Gasteiger partial charge on any atom is 0.0494 e. The second-order valence-corrected chi connectivity index (χ2v) is 5.92. The van der Waals surface area contributed by atoms with Gasteiger partial charge in [0.05, 0.1) is 0 Å². The second kappa shape index (κ2) is 5.56. The Morgan fingerprint density at radius 3 is 2.65 bits per heavy atom. The first kappa shape index (κ1) is 12.5. The van der Waals surface area contributed by atoms with Crippen molar-refractivity contribution in [2.45, 2.75) is 19.9 Å². The highest BCUT2D eigenvalue weighted by Gasteiger charge is 2.02. The summed E-state index contributed by atoms with van der Waals surface area (Å²) in [5.74, 6) is 0. The maximum absolute atomic E-state index is 5.70. The molecule has 0 aliphatic heterocycles. The van der Waals surface area contributed by atoms with Crippen LogP contribution in [0.5, 0.6) is 0 Å². The van der Waals surface area contributed by atoms with Gasteiger partial charge in [0.2, 0.25) is 0 Å². The lowest BCUT2D eigenvalue weighted by molar-refractivity contribution is 1.19. The average molecular weight is 311 g/mol. The molecule has 0 saturated carbocycles. The highest BCUT2D eigenvalue weighted by molar-refractivity contribution is 9.10. The van der Waals surface area contributed by atoms with Gasteiger partial charge in [-0.1, -0.05) is 6.92 Å². The SMILES string of the molecule is CCc1ccc(CNc2ccc(N)cc2Br)s1. The molecule has 1 aromatic heterocycles. The van der Waals surface area contributed by atoms with Crippen molar-refractivity contribution in [3.8, 4) is 0 Å². The molecule has 2 aromatic rings. The molecule has 2 rings (SSSR count). The summed E-state index contributed by atoms with van der Waals surface area (Å²) in [6.07, 6.45) is 1.11. The second-order valence-electron chi connectivity index (χ2n) is 3.81. The van der Waals surface area contributed by atoms with E-state index in [4.69, 9.17) is 5.73 Å². The lowest BCUT2D eigenvalue weighted by Crippen LogP contribution is -1.98. The zero-order chi connectivity index (χ0) is 12.3. The van der Waals surface area contributed by atoms with E-state index in [1.54, 1.807) is 0 Å². The molecule has 0 unspecified atom stereocenters. The Morgan fingerprint density at radius 2 is 2.00 bits per heavy atom. The predicted molar refractivity (Wildman–Crippen MR) is 79.6 cm³/mol. The van der Waals surface area contributed by atoms with E-state index in [0.29, 0.717) is 0 Å². The average Bonchev–Trinajstić information content (AvgIpc) is 2.76. The summed E-state index contributed by atoms with van der Waals surface area (Å²) in [5.41, 5.74) is 7.55. The van der Waals surface area contributed by atoms with Gasteiger partial charge in [0.1, 0.15) is 0 Å². The van der Waals surface area contributed by atoms with Gasteiger partial charge in [0.15, 0.2) is 0 Å². The minimum Gasteiger partial charge on any atom is -0.399 e. The smallest absolute Gasteiger partial charge is 0.0494 e. The van der Waals surface area contributed by atoms with Crippen LogP contribution >= 0.6 is 27.3 Å². The fourth-order valence-corrected chi connectivity index (χ4v) is 3.00. The first-order valence-electron chi connectivity index (χ1n) is 5.55. The van der Waals surface area contributed by atoms with E-state index in [1.165, 1.54) is 9.75 Å². The van der Waals surface area contributed by atoms with Crippen LogP contribution in [-0.2, 0) is 13.0 Å². The van der Waals surface area contributed by atoms with Gasteiger partial charge >= 0.3 is 0 Å². The summed E-state index contributed by atoms with van der Waals surface area (Å²) in [5, 5.41) is 3.40. The largest absolute Gasteiger partial charge is 0.399 e. The fraction of sp³-hybridized carbons (Fsp3) is 0.231. The van der Waals surface area contributed by atoms with E-state index in [1.807, 2.05) is 29.5 Å². The minimum atomic E-state index is 0.770. The number of thiophene rings is 1. The zero-order valence-corrected chi connectivity index (χ0v) is 12.1. The molecule has 0 aliphatic rings. The van der Waals surface area contributed by atoms with Gasteiger partial charge in [-0.15, -0.1) is 11.3 Å². The number of benzene rings is 1. The number of halogens is 1. The number of nitrogens with two attached hydrogens (primary N) is 1. The third-order valence-corrected chi connectivity index (χ3v) is 4.40. The van der Waals surface area contributed by atoms with Crippen LogP contribution in [0.4, 0.5) is 11.4 Å². The molecule has 3 N–H and O–H groups in total. The number of nitrogens with one attached hydrogen (secondary N) is 1. The number of hydrogen-bond donors (Lipinski definition) is 2. The van der Waals surface area contributed by atoms with Crippen molar-refractivity contribution in [1.82, 2.24) is 0 Å². The number of nitrogen functional groups attached to an aromatic ring is 1. The highest BCUT2D eigenvalue weighted by atomic mass is 79.9. The lowest BCUT2D eigenvalue weighted by atomic mass is 10.3.